The molecule has 0 fully saturated rings. The van der Waals surface area contributed by atoms with Gasteiger partial charge in [-0.2, -0.15) is 5.10 Å². The van der Waals surface area contributed by atoms with Crippen molar-refractivity contribution in [3.05, 3.63) is 64.7 Å². The van der Waals surface area contributed by atoms with Crippen molar-refractivity contribution in [3.8, 4) is 0 Å². The van der Waals surface area contributed by atoms with Crippen LogP contribution < -0.4 is 4.72 Å². The molecule has 8 heteroatoms. The number of anilines is 1. The van der Waals surface area contributed by atoms with E-state index in [2.05, 4.69) is 9.82 Å². The Morgan fingerprint density at radius 1 is 1.19 bits per heavy atom. The van der Waals surface area contributed by atoms with Crippen molar-refractivity contribution in [2.24, 2.45) is 5.10 Å². The Labute approximate surface area is 157 Å². The maximum atomic E-state index is 12.1. The van der Waals surface area contributed by atoms with Gasteiger partial charge in [0.05, 0.1) is 23.7 Å². The quantitative estimate of drug-likeness (QED) is 0.867. The smallest absolute Gasteiger partial charge is 0.240 e. The first-order valence-corrected chi connectivity index (χ1v) is 10.2. The van der Waals surface area contributed by atoms with Gasteiger partial charge in [-0.25, -0.2) is 13.4 Å². The molecule has 0 saturated carbocycles. The van der Waals surface area contributed by atoms with Crippen molar-refractivity contribution in [3.63, 3.8) is 0 Å². The second-order valence-electron chi connectivity index (χ2n) is 6.07. The van der Waals surface area contributed by atoms with Gasteiger partial charge >= 0.3 is 0 Å². The van der Waals surface area contributed by atoms with Gasteiger partial charge in [0.1, 0.15) is 0 Å². The van der Waals surface area contributed by atoms with Crippen molar-refractivity contribution < 1.29 is 13.2 Å². The zero-order chi connectivity index (χ0) is 18.9. The van der Waals surface area contributed by atoms with Gasteiger partial charge in [-0.15, -0.1) is 0 Å². The lowest BCUT2D eigenvalue weighted by atomic mass is 9.97. The summed E-state index contributed by atoms with van der Waals surface area (Å²) in [6, 6.07) is 14.0. The third-order valence-corrected chi connectivity index (χ3v) is 4.97. The monoisotopic (exact) mass is 391 g/mol. The third kappa shape index (κ3) is 3.89. The Kier molecular flexibility index (Phi) is 5.02. The summed E-state index contributed by atoms with van der Waals surface area (Å²) in [5, 5.41) is 6.41. The molecule has 2 aromatic carbocycles. The lowest BCUT2D eigenvalue weighted by molar-refractivity contribution is -0.130. The van der Waals surface area contributed by atoms with Crippen LogP contribution in [0, 0.1) is 0 Å². The van der Waals surface area contributed by atoms with Gasteiger partial charge < -0.3 is 0 Å². The van der Waals surface area contributed by atoms with Gasteiger partial charge in [0.2, 0.25) is 15.9 Å². The van der Waals surface area contributed by atoms with Gasteiger partial charge in [0.25, 0.3) is 0 Å². The van der Waals surface area contributed by atoms with Gasteiger partial charge in [-0.05, 0) is 17.7 Å². The summed E-state index contributed by atoms with van der Waals surface area (Å²) in [4.78, 5) is 12.1. The number of hydrazone groups is 1. The van der Waals surface area contributed by atoms with Gasteiger partial charge in [-0.3, -0.25) is 9.52 Å². The minimum Gasteiger partial charge on any atom is -0.283 e. The van der Waals surface area contributed by atoms with Crippen molar-refractivity contribution in [2.45, 2.75) is 19.4 Å². The Morgan fingerprint density at radius 3 is 2.50 bits per heavy atom. The van der Waals surface area contributed by atoms with E-state index in [1.54, 1.807) is 30.3 Å². The number of rotatable bonds is 4. The van der Waals surface area contributed by atoms with Crippen LogP contribution in [-0.4, -0.2) is 31.3 Å². The molecule has 26 heavy (non-hydrogen) atoms. The molecule has 2 aromatic rings. The molecule has 3 rings (SSSR count). The number of carbonyl (C=O) groups is 1. The Balaban J connectivity index is 2.02. The molecule has 0 spiro atoms. The Hall–Kier alpha value is -2.38. The third-order valence-electron chi connectivity index (χ3n) is 4.03. The molecule has 1 aliphatic rings. The van der Waals surface area contributed by atoms with E-state index in [9.17, 15) is 13.2 Å². The number of nitrogens with one attached hydrogen (secondary N) is 1. The number of halogens is 1. The minimum atomic E-state index is -3.44. The number of hydrogen-bond donors (Lipinski definition) is 1. The lowest BCUT2D eigenvalue weighted by Crippen LogP contribution is -2.24. The van der Waals surface area contributed by atoms with Crippen LogP contribution in [0.4, 0.5) is 5.69 Å². The van der Waals surface area contributed by atoms with Gasteiger partial charge in [-0.1, -0.05) is 48.0 Å². The van der Waals surface area contributed by atoms with E-state index in [0.29, 0.717) is 28.4 Å². The average molecular weight is 392 g/mol. The molecule has 0 saturated heterocycles. The summed E-state index contributed by atoms with van der Waals surface area (Å²) < 4.78 is 25.8. The molecule has 0 aromatic heterocycles. The topological polar surface area (TPSA) is 78.8 Å². The Bertz CT molecular complexity index is 989. The van der Waals surface area contributed by atoms with E-state index < -0.39 is 10.0 Å². The van der Waals surface area contributed by atoms with Gasteiger partial charge in [0.15, 0.2) is 0 Å². The molecular formula is C18H18ClN3O3S. The summed E-state index contributed by atoms with van der Waals surface area (Å²) >= 11 is 6.31. The standard InChI is InChI=1S/C18H18ClN3O3S/c1-12(23)22-18(13-7-3-5-9-15(13)19)11-17(20-22)14-8-4-6-10-16(14)21-26(2,24)25/h3-10,18,21H,11H2,1-2H3/t18-/m1/s1. The molecule has 1 heterocycles. The fraction of sp³-hybridized carbons (Fsp3) is 0.222. The predicted molar refractivity (Wildman–Crippen MR) is 103 cm³/mol. The first kappa shape index (κ1) is 18.4. The van der Waals surface area contributed by atoms with Crippen LogP contribution in [0.15, 0.2) is 53.6 Å². The minimum absolute atomic E-state index is 0.210. The molecule has 6 nitrogen and oxygen atoms in total. The largest absolute Gasteiger partial charge is 0.283 e. The van der Waals surface area contributed by atoms with Crippen molar-refractivity contribution >= 4 is 38.9 Å². The number of sulfonamides is 1. The SMILES string of the molecule is CC(=O)N1N=C(c2ccccc2NS(C)(=O)=O)C[C@@H]1c1ccccc1Cl. The normalized spacial score (nSPS) is 17.1. The molecule has 1 aliphatic heterocycles. The summed E-state index contributed by atoms with van der Waals surface area (Å²) in [6.07, 6.45) is 1.53. The summed E-state index contributed by atoms with van der Waals surface area (Å²) in [5.41, 5.74) is 2.49. The van der Waals surface area contributed by atoms with E-state index in [-0.39, 0.29) is 11.9 Å². The van der Waals surface area contributed by atoms with Crippen LogP contribution in [0.25, 0.3) is 0 Å². The number of para-hydroxylation sites is 1. The van der Waals surface area contributed by atoms with Crippen LogP contribution in [0.5, 0.6) is 0 Å². The maximum absolute atomic E-state index is 12.1. The van der Waals surface area contributed by atoms with Crippen LogP contribution in [0.3, 0.4) is 0 Å². The highest BCUT2D eigenvalue weighted by molar-refractivity contribution is 7.92. The lowest BCUT2D eigenvalue weighted by Gasteiger charge is -2.21. The zero-order valence-electron chi connectivity index (χ0n) is 14.3. The van der Waals surface area contributed by atoms with E-state index in [1.165, 1.54) is 11.9 Å². The van der Waals surface area contributed by atoms with E-state index in [4.69, 9.17) is 11.6 Å². The number of hydrogen-bond acceptors (Lipinski definition) is 4. The second kappa shape index (κ2) is 7.09. The molecule has 136 valence electrons. The second-order valence-corrected chi connectivity index (χ2v) is 8.23. The highest BCUT2D eigenvalue weighted by Crippen LogP contribution is 2.37. The number of carbonyl (C=O) groups excluding carboxylic acids is 1. The van der Waals surface area contributed by atoms with Crippen LogP contribution >= 0.6 is 11.6 Å². The van der Waals surface area contributed by atoms with Crippen molar-refractivity contribution in [1.82, 2.24) is 5.01 Å². The predicted octanol–water partition coefficient (Wildman–Crippen LogP) is 3.41. The maximum Gasteiger partial charge on any atom is 0.240 e. The van der Waals surface area contributed by atoms with Crippen molar-refractivity contribution in [1.29, 1.82) is 0 Å². The molecule has 0 bridgehead atoms. The van der Waals surface area contributed by atoms with Gasteiger partial charge in [0, 0.05) is 23.9 Å². The van der Waals surface area contributed by atoms with Crippen LogP contribution in [0.1, 0.15) is 30.5 Å². The zero-order valence-corrected chi connectivity index (χ0v) is 15.9. The summed E-state index contributed by atoms with van der Waals surface area (Å²) in [6.45, 7) is 1.44. The number of amides is 1. The molecular weight excluding hydrogens is 374 g/mol. The summed E-state index contributed by atoms with van der Waals surface area (Å²) in [5.74, 6) is -0.210. The molecule has 1 atom stereocenters. The molecule has 0 unspecified atom stereocenters. The number of benzene rings is 2. The molecule has 0 radical (unpaired) electrons. The van der Waals surface area contributed by atoms with E-state index >= 15 is 0 Å². The van der Waals surface area contributed by atoms with Crippen molar-refractivity contribution in [2.75, 3.05) is 11.0 Å². The molecule has 1 amide bonds. The Morgan fingerprint density at radius 2 is 1.85 bits per heavy atom. The fourth-order valence-corrected chi connectivity index (χ4v) is 3.81. The fourth-order valence-electron chi connectivity index (χ4n) is 2.97. The highest BCUT2D eigenvalue weighted by atomic mass is 35.5. The van der Waals surface area contributed by atoms with E-state index in [0.717, 1.165) is 11.8 Å². The van der Waals surface area contributed by atoms with Crippen LogP contribution in [0.2, 0.25) is 5.02 Å². The first-order chi connectivity index (χ1) is 12.3. The molecule has 1 N–H and O–H groups in total. The first-order valence-electron chi connectivity index (χ1n) is 7.95. The van der Waals surface area contributed by atoms with Crippen LogP contribution in [-0.2, 0) is 14.8 Å². The number of nitrogens with zero attached hydrogens (tertiary/aromatic N) is 2. The summed E-state index contributed by atoms with van der Waals surface area (Å²) in [7, 11) is -3.44. The average Bonchev–Trinajstić information content (AvgIpc) is 2.99. The van der Waals surface area contributed by atoms with E-state index in [1.807, 2.05) is 18.2 Å². The molecule has 0 aliphatic carbocycles. The highest BCUT2D eigenvalue weighted by Gasteiger charge is 2.33.